The summed E-state index contributed by atoms with van der Waals surface area (Å²) in [6.07, 6.45) is 0. The van der Waals surface area contributed by atoms with E-state index >= 15 is 0 Å². The molecule has 1 rings (SSSR count). The number of nitrogens with two attached hydrogens (primary N) is 1. The lowest BCUT2D eigenvalue weighted by Crippen LogP contribution is -2.37. The van der Waals surface area contributed by atoms with Gasteiger partial charge in [-0.2, -0.15) is 0 Å². The Kier molecular flexibility index (Phi) is 5.64. The summed E-state index contributed by atoms with van der Waals surface area (Å²) in [6, 6.07) is 3.73. The van der Waals surface area contributed by atoms with Crippen LogP contribution in [0.2, 0.25) is 0 Å². The molecule has 0 saturated carbocycles. The molecule has 4 nitrogen and oxygen atoms in total. The van der Waals surface area contributed by atoms with Crippen LogP contribution < -0.4 is 15.2 Å². The summed E-state index contributed by atoms with van der Waals surface area (Å²) in [7, 11) is 1.58. The van der Waals surface area contributed by atoms with Crippen LogP contribution in [0.3, 0.4) is 0 Å². The summed E-state index contributed by atoms with van der Waals surface area (Å²) in [5, 5.41) is 10.2. The third-order valence-corrected chi connectivity index (χ3v) is 3.87. The maximum atomic E-state index is 10.2. The molecular formula is C14H22BrNO3. The number of hydrogen-bond donors (Lipinski definition) is 2. The molecule has 1 aromatic carbocycles. The van der Waals surface area contributed by atoms with E-state index in [0.717, 1.165) is 10.0 Å². The fraction of sp³-hybridized carbons (Fsp3) is 0.571. The van der Waals surface area contributed by atoms with Gasteiger partial charge in [-0.15, -0.1) is 0 Å². The van der Waals surface area contributed by atoms with Crippen molar-refractivity contribution in [1.82, 2.24) is 0 Å². The summed E-state index contributed by atoms with van der Waals surface area (Å²) >= 11 is 3.44. The van der Waals surface area contributed by atoms with Crippen molar-refractivity contribution < 1.29 is 14.6 Å². The summed E-state index contributed by atoms with van der Waals surface area (Å²) in [5.74, 6) is 1.29. The van der Waals surface area contributed by atoms with Crippen molar-refractivity contribution in [2.24, 2.45) is 11.7 Å². The Morgan fingerprint density at radius 1 is 1.42 bits per heavy atom. The number of hydrogen-bond acceptors (Lipinski definition) is 4. The second-order valence-corrected chi connectivity index (χ2v) is 5.97. The topological polar surface area (TPSA) is 64.7 Å². The number of halogens is 1. The van der Waals surface area contributed by atoms with Crippen molar-refractivity contribution in [1.29, 1.82) is 0 Å². The first-order valence-corrected chi connectivity index (χ1v) is 7.02. The molecule has 1 unspecified atom stereocenters. The van der Waals surface area contributed by atoms with Gasteiger partial charge in [0.1, 0.15) is 6.61 Å². The molecule has 1 aromatic rings. The first kappa shape index (κ1) is 16.3. The van der Waals surface area contributed by atoms with E-state index in [0.29, 0.717) is 18.0 Å². The summed E-state index contributed by atoms with van der Waals surface area (Å²) in [4.78, 5) is 0. The number of aliphatic hydroxyl groups is 1. The Morgan fingerprint density at radius 3 is 2.53 bits per heavy atom. The predicted octanol–water partition coefficient (Wildman–Crippen LogP) is 2.70. The minimum atomic E-state index is -0.892. The van der Waals surface area contributed by atoms with Crippen LogP contribution in [0.4, 0.5) is 0 Å². The van der Waals surface area contributed by atoms with Crippen molar-refractivity contribution in [3.63, 3.8) is 0 Å². The third kappa shape index (κ3) is 4.09. The number of methoxy groups -OCH3 is 1. The lowest BCUT2D eigenvalue weighted by Gasteiger charge is -2.28. The summed E-state index contributed by atoms with van der Waals surface area (Å²) < 4.78 is 11.8. The highest BCUT2D eigenvalue weighted by Gasteiger charge is 2.27. The van der Waals surface area contributed by atoms with Crippen molar-refractivity contribution in [2.45, 2.75) is 32.9 Å². The molecule has 0 saturated heterocycles. The number of benzene rings is 1. The average molecular weight is 332 g/mol. The predicted molar refractivity (Wildman–Crippen MR) is 79.5 cm³/mol. The van der Waals surface area contributed by atoms with Gasteiger partial charge in [-0.25, -0.2) is 0 Å². The smallest absolute Gasteiger partial charge is 0.175 e. The maximum Gasteiger partial charge on any atom is 0.175 e. The fourth-order valence-electron chi connectivity index (χ4n) is 1.42. The Labute approximate surface area is 123 Å². The van der Waals surface area contributed by atoms with Crippen LogP contribution in [0.15, 0.2) is 16.6 Å². The average Bonchev–Trinajstić information content (AvgIpc) is 2.36. The van der Waals surface area contributed by atoms with Crippen LogP contribution in [0.1, 0.15) is 26.3 Å². The minimum absolute atomic E-state index is 0.0978. The monoisotopic (exact) mass is 331 g/mol. The SMILES string of the molecule is COc1cc(CN)cc(Br)c1OCC(C)(O)C(C)C. The van der Waals surface area contributed by atoms with Crippen LogP contribution in [-0.2, 0) is 6.54 Å². The van der Waals surface area contributed by atoms with Crippen LogP contribution >= 0.6 is 15.9 Å². The van der Waals surface area contributed by atoms with Crippen molar-refractivity contribution in [2.75, 3.05) is 13.7 Å². The molecule has 0 aliphatic heterocycles. The van der Waals surface area contributed by atoms with Gasteiger partial charge >= 0.3 is 0 Å². The van der Waals surface area contributed by atoms with E-state index in [1.807, 2.05) is 26.0 Å². The molecule has 0 fully saturated rings. The first-order chi connectivity index (χ1) is 8.81. The Morgan fingerprint density at radius 2 is 2.05 bits per heavy atom. The zero-order valence-corrected chi connectivity index (χ0v) is 13.5. The van der Waals surface area contributed by atoms with Gasteiger partial charge in [-0.05, 0) is 46.5 Å². The van der Waals surface area contributed by atoms with Gasteiger partial charge in [0.25, 0.3) is 0 Å². The normalized spacial score (nSPS) is 14.3. The van der Waals surface area contributed by atoms with E-state index in [1.54, 1.807) is 14.0 Å². The molecule has 1 atom stereocenters. The van der Waals surface area contributed by atoms with Gasteiger partial charge < -0.3 is 20.3 Å². The second kappa shape index (κ2) is 6.59. The first-order valence-electron chi connectivity index (χ1n) is 6.23. The van der Waals surface area contributed by atoms with Crippen LogP contribution in [0, 0.1) is 5.92 Å². The largest absolute Gasteiger partial charge is 0.493 e. The Hall–Kier alpha value is -0.780. The van der Waals surface area contributed by atoms with E-state index in [9.17, 15) is 5.11 Å². The molecule has 0 aliphatic rings. The lowest BCUT2D eigenvalue weighted by atomic mass is 9.94. The van der Waals surface area contributed by atoms with Crippen LogP contribution in [0.25, 0.3) is 0 Å². The van der Waals surface area contributed by atoms with Gasteiger partial charge in [0.15, 0.2) is 11.5 Å². The molecule has 0 aromatic heterocycles. The van der Waals surface area contributed by atoms with Gasteiger partial charge in [0.2, 0.25) is 0 Å². The number of ether oxygens (including phenoxy) is 2. The van der Waals surface area contributed by atoms with Gasteiger partial charge in [-0.1, -0.05) is 13.8 Å². The zero-order chi connectivity index (χ0) is 14.6. The fourth-order valence-corrected chi connectivity index (χ4v) is 2.02. The third-order valence-electron chi connectivity index (χ3n) is 3.28. The lowest BCUT2D eigenvalue weighted by molar-refractivity contribution is -0.0273. The molecule has 0 radical (unpaired) electrons. The molecule has 108 valence electrons. The van der Waals surface area contributed by atoms with E-state index in [4.69, 9.17) is 15.2 Å². The van der Waals surface area contributed by atoms with Crippen LogP contribution in [-0.4, -0.2) is 24.4 Å². The molecule has 3 N–H and O–H groups in total. The highest BCUT2D eigenvalue weighted by Crippen LogP contribution is 2.37. The Bertz CT molecular complexity index is 433. The standard InChI is InChI=1S/C14H22BrNO3/c1-9(2)14(3,17)8-19-13-11(15)5-10(7-16)6-12(13)18-4/h5-6,9,17H,7-8,16H2,1-4H3. The van der Waals surface area contributed by atoms with Crippen LogP contribution in [0.5, 0.6) is 11.5 Å². The quantitative estimate of drug-likeness (QED) is 0.841. The second-order valence-electron chi connectivity index (χ2n) is 5.11. The molecule has 0 aliphatic carbocycles. The molecule has 0 heterocycles. The minimum Gasteiger partial charge on any atom is -0.493 e. The molecule has 0 spiro atoms. The van der Waals surface area contributed by atoms with E-state index in [1.165, 1.54) is 0 Å². The summed E-state index contributed by atoms with van der Waals surface area (Å²) in [5.41, 5.74) is 5.68. The molecule has 5 heteroatoms. The van der Waals surface area contributed by atoms with Gasteiger partial charge in [0, 0.05) is 6.54 Å². The molecule has 19 heavy (non-hydrogen) atoms. The van der Waals surface area contributed by atoms with Crippen molar-refractivity contribution in [3.8, 4) is 11.5 Å². The highest BCUT2D eigenvalue weighted by molar-refractivity contribution is 9.10. The summed E-state index contributed by atoms with van der Waals surface area (Å²) in [6.45, 7) is 6.28. The van der Waals surface area contributed by atoms with Gasteiger partial charge in [0.05, 0.1) is 17.2 Å². The van der Waals surface area contributed by atoms with Crippen molar-refractivity contribution >= 4 is 15.9 Å². The molecular weight excluding hydrogens is 310 g/mol. The van der Waals surface area contributed by atoms with Gasteiger partial charge in [-0.3, -0.25) is 0 Å². The highest BCUT2D eigenvalue weighted by atomic mass is 79.9. The maximum absolute atomic E-state index is 10.2. The zero-order valence-electron chi connectivity index (χ0n) is 11.9. The molecule has 0 amide bonds. The Balaban J connectivity index is 2.95. The van der Waals surface area contributed by atoms with E-state index in [-0.39, 0.29) is 12.5 Å². The van der Waals surface area contributed by atoms with Crippen molar-refractivity contribution in [3.05, 3.63) is 22.2 Å². The van der Waals surface area contributed by atoms with E-state index in [2.05, 4.69) is 15.9 Å². The van der Waals surface area contributed by atoms with E-state index < -0.39 is 5.60 Å². The number of rotatable bonds is 6. The molecule has 0 bridgehead atoms.